The van der Waals surface area contributed by atoms with Crippen LogP contribution < -0.4 is 11.1 Å². The Morgan fingerprint density at radius 2 is 1.80 bits per heavy atom. The van der Waals surface area contributed by atoms with Crippen molar-refractivity contribution in [1.82, 2.24) is 10.2 Å². The van der Waals surface area contributed by atoms with E-state index >= 15 is 0 Å². The normalized spacial score (nSPS) is 18.8. The van der Waals surface area contributed by atoms with Gasteiger partial charge in [-0.3, -0.25) is 9.59 Å². The molecule has 0 spiro atoms. The highest BCUT2D eigenvalue weighted by Gasteiger charge is 2.28. The van der Waals surface area contributed by atoms with Gasteiger partial charge in [0.05, 0.1) is 5.92 Å². The summed E-state index contributed by atoms with van der Waals surface area (Å²) in [6, 6.07) is -0.463. The van der Waals surface area contributed by atoms with Gasteiger partial charge in [0.25, 0.3) is 0 Å². The quantitative estimate of drug-likeness (QED) is 0.794. The van der Waals surface area contributed by atoms with Crippen LogP contribution >= 0.6 is 0 Å². The molecule has 5 nitrogen and oxygen atoms in total. The number of nitrogens with one attached hydrogen (secondary N) is 1. The first-order valence-corrected chi connectivity index (χ1v) is 7.54. The molecule has 1 heterocycles. The summed E-state index contributed by atoms with van der Waals surface area (Å²) in [5.41, 5.74) is 5.74. The average molecular weight is 283 g/mol. The third-order valence-electron chi connectivity index (χ3n) is 3.66. The summed E-state index contributed by atoms with van der Waals surface area (Å²) in [5.74, 6) is -0.325. The summed E-state index contributed by atoms with van der Waals surface area (Å²) in [4.78, 5) is 26.2. The monoisotopic (exact) mass is 283 g/mol. The lowest BCUT2D eigenvalue weighted by atomic mass is 9.84. The molecule has 3 N–H and O–H groups in total. The van der Waals surface area contributed by atoms with E-state index in [0.717, 1.165) is 32.4 Å². The Balaban J connectivity index is 2.52. The van der Waals surface area contributed by atoms with Gasteiger partial charge in [-0.05, 0) is 31.6 Å². The molecule has 1 aliphatic heterocycles. The molecule has 2 unspecified atom stereocenters. The van der Waals surface area contributed by atoms with Gasteiger partial charge in [-0.15, -0.1) is 0 Å². The minimum Gasteiger partial charge on any atom is -0.344 e. The number of hydrogen-bond donors (Lipinski definition) is 2. The molecule has 1 rings (SSSR count). The molecule has 0 bridgehead atoms. The Labute approximate surface area is 122 Å². The summed E-state index contributed by atoms with van der Waals surface area (Å²) in [6.45, 7) is 9.94. The Morgan fingerprint density at radius 3 is 2.25 bits per heavy atom. The summed E-state index contributed by atoms with van der Waals surface area (Å²) in [7, 11) is 0. The fourth-order valence-electron chi connectivity index (χ4n) is 2.63. The van der Waals surface area contributed by atoms with E-state index in [4.69, 9.17) is 5.73 Å². The smallest absolute Gasteiger partial charge is 0.244 e. The molecule has 0 saturated carbocycles. The van der Waals surface area contributed by atoms with Gasteiger partial charge in [0.15, 0.2) is 0 Å². The third-order valence-corrected chi connectivity index (χ3v) is 3.66. The van der Waals surface area contributed by atoms with Crippen LogP contribution in [0.2, 0.25) is 0 Å². The molecule has 5 heteroatoms. The van der Waals surface area contributed by atoms with Crippen LogP contribution in [0, 0.1) is 11.3 Å². The van der Waals surface area contributed by atoms with Gasteiger partial charge in [-0.1, -0.05) is 20.8 Å². The van der Waals surface area contributed by atoms with Crippen LogP contribution in [-0.2, 0) is 9.59 Å². The zero-order chi connectivity index (χ0) is 15.3. The fraction of sp³-hybridized carbons (Fsp3) is 0.867. The molecular weight excluding hydrogens is 254 g/mol. The lowest BCUT2D eigenvalue weighted by molar-refractivity contribution is -0.136. The standard InChI is InChI=1S/C15H29N3O2/c1-11(14(20)18-7-5-6-8-18)17-13(19)12(10-16)9-15(2,3)4/h11-12H,5-10,16H2,1-4H3,(H,17,19). The van der Waals surface area contributed by atoms with Crippen LogP contribution in [0.3, 0.4) is 0 Å². The lowest BCUT2D eigenvalue weighted by Crippen LogP contribution is -2.49. The topological polar surface area (TPSA) is 75.4 Å². The maximum absolute atomic E-state index is 12.2. The van der Waals surface area contributed by atoms with Crippen molar-refractivity contribution in [3.05, 3.63) is 0 Å². The molecule has 116 valence electrons. The van der Waals surface area contributed by atoms with Crippen molar-refractivity contribution < 1.29 is 9.59 Å². The molecule has 20 heavy (non-hydrogen) atoms. The number of amides is 2. The van der Waals surface area contributed by atoms with Crippen molar-refractivity contribution in [2.24, 2.45) is 17.1 Å². The van der Waals surface area contributed by atoms with E-state index in [1.165, 1.54) is 0 Å². The lowest BCUT2D eigenvalue weighted by Gasteiger charge is -2.26. The van der Waals surface area contributed by atoms with Crippen LogP contribution in [-0.4, -0.2) is 42.4 Å². The van der Waals surface area contributed by atoms with Crippen LogP contribution in [0.15, 0.2) is 0 Å². The summed E-state index contributed by atoms with van der Waals surface area (Å²) < 4.78 is 0. The number of nitrogens with two attached hydrogens (primary N) is 1. The number of carbonyl (C=O) groups is 2. The van der Waals surface area contributed by atoms with E-state index in [1.807, 2.05) is 4.90 Å². The van der Waals surface area contributed by atoms with E-state index in [0.29, 0.717) is 6.54 Å². The fourth-order valence-corrected chi connectivity index (χ4v) is 2.63. The number of nitrogens with zero attached hydrogens (tertiary/aromatic N) is 1. The summed E-state index contributed by atoms with van der Waals surface area (Å²) in [5, 5.41) is 2.82. The second-order valence-electron chi connectivity index (χ2n) is 6.96. The SMILES string of the molecule is CC(NC(=O)C(CN)CC(C)(C)C)C(=O)N1CCCC1. The van der Waals surface area contributed by atoms with E-state index in [-0.39, 0.29) is 23.1 Å². The highest BCUT2D eigenvalue weighted by molar-refractivity contribution is 5.88. The van der Waals surface area contributed by atoms with Crippen molar-refractivity contribution in [3.8, 4) is 0 Å². The third kappa shape index (κ3) is 5.12. The maximum Gasteiger partial charge on any atom is 0.244 e. The highest BCUT2D eigenvalue weighted by atomic mass is 16.2. The molecule has 0 aromatic carbocycles. The number of likely N-dealkylation sites (tertiary alicyclic amines) is 1. The molecule has 1 fully saturated rings. The van der Waals surface area contributed by atoms with Crippen LogP contribution in [0.1, 0.15) is 47.0 Å². The van der Waals surface area contributed by atoms with E-state index < -0.39 is 6.04 Å². The minimum atomic E-state index is -0.463. The molecule has 0 aromatic rings. The molecule has 1 aliphatic rings. The van der Waals surface area contributed by atoms with Crippen molar-refractivity contribution >= 4 is 11.8 Å². The predicted molar refractivity (Wildman–Crippen MR) is 80.0 cm³/mol. The highest BCUT2D eigenvalue weighted by Crippen LogP contribution is 2.24. The predicted octanol–water partition coefficient (Wildman–Crippen LogP) is 1.12. The van der Waals surface area contributed by atoms with Gasteiger partial charge in [-0.2, -0.15) is 0 Å². The van der Waals surface area contributed by atoms with Crippen molar-refractivity contribution in [2.45, 2.75) is 53.0 Å². The minimum absolute atomic E-state index is 0.0161. The molecule has 0 aromatic heterocycles. The van der Waals surface area contributed by atoms with E-state index in [1.54, 1.807) is 6.92 Å². The zero-order valence-electron chi connectivity index (χ0n) is 13.2. The van der Waals surface area contributed by atoms with Crippen molar-refractivity contribution in [1.29, 1.82) is 0 Å². The van der Waals surface area contributed by atoms with Gasteiger partial charge >= 0.3 is 0 Å². The summed E-state index contributed by atoms with van der Waals surface area (Å²) >= 11 is 0. The maximum atomic E-state index is 12.2. The summed E-state index contributed by atoms with van der Waals surface area (Å²) in [6.07, 6.45) is 2.84. The second kappa shape index (κ2) is 7.07. The van der Waals surface area contributed by atoms with E-state index in [9.17, 15) is 9.59 Å². The van der Waals surface area contributed by atoms with Crippen LogP contribution in [0.5, 0.6) is 0 Å². The van der Waals surface area contributed by atoms with Gasteiger partial charge < -0.3 is 16.0 Å². The number of hydrogen-bond acceptors (Lipinski definition) is 3. The Morgan fingerprint density at radius 1 is 1.25 bits per heavy atom. The van der Waals surface area contributed by atoms with E-state index in [2.05, 4.69) is 26.1 Å². The van der Waals surface area contributed by atoms with Crippen LogP contribution in [0.25, 0.3) is 0 Å². The van der Waals surface area contributed by atoms with Crippen LogP contribution in [0.4, 0.5) is 0 Å². The first-order chi connectivity index (χ1) is 9.24. The largest absolute Gasteiger partial charge is 0.344 e. The van der Waals surface area contributed by atoms with Crippen molar-refractivity contribution in [3.63, 3.8) is 0 Å². The molecule has 0 radical (unpaired) electrons. The molecule has 2 atom stereocenters. The first kappa shape index (κ1) is 17.0. The molecule has 0 aliphatic carbocycles. The Kier molecular flexibility index (Phi) is 5.99. The number of rotatable bonds is 5. The van der Waals surface area contributed by atoms with Gasteiger partial charge in [0.2, 0.25) is 11.8 Å². The van der Waals surface area contributed by atoms with Gasteiger partial charge in [0, 0.05) is 19.6 Å². The molecule has 1 saturated heterocycles. The molecular formula is C15H29N3O2. The van der Waals surface area contributed by atoms with Crippen molar-refractivity contribution in [2.75, 3.05) is 19.6 Å². The van der Waals surface area contributed by atoms with Gasteiger partial charge in [0.1, 0.15) is 6.04 Å². The average Bonchev–Trinajstić information content (AvgIpc) is 2.87. The number of carbonyl (C=O) groups excluding carboxylic acids is 2. The second-order valence-corrected chi connectivity index (χ2v) is 6.96. The Hall–Kier alpha value is -1.10. The van der Waals surface area contributed by atoms with Gasteiger partial charge in [-0.25, -0.2) is 0 Å². The molecule has 2 amide bonds. The Bertz CT molecular complexity index is 344. The first-order valence-electron chi connectivity index (χ1n) is 7.54. The zero-order valence-corrected chi connectivity index (χ0v) is 13.2.